The van der Waals surface area contributed by atoms with Gasteiger partial charge in [-0.3, -0.25) is 4.79 Å². The third kappa shape index (κ3) is 4.17. The van der Waals surface area contributed by atoms with Crippen LogP contribution in [0.25, 0.3) is 16.7 Å². The summed E-state index contributed by atoms with van der Waals surface area (Å²) in [5.74, 6) is 0.342. The number of nitrogens with zero attached hydrogens (tertiary/aromatic N) is 3. The quantitative estimate of drug-likeness (QED) is 0.341. The van der Waals surface area contributed by atoms with Gasteiger partial charge in [0.25, 0.3) is 0 Å². The molecule has 1 heterocycles. The number of aromatic nitrogens is 3. The Morgan fingerprint density at radius 2 is 1.75 bits per heavy atom. The van der Waals surface area contributed by atoms with Crippen molar-refractivity contribution in [2.45, 2.75) is 59.2 Å². The summed E-state index contributed by atoms with van der Waals surface area (Å²) >= 11 is 0. The molecule has 1 aromatic heterocycles. The largest absolute Gasteiger partial charge is 0.505 e. The SMILES string of the molecule is Cc1cc(-n2nc3ccc(C(=O)CCCC[Si](C)C)cc3n2)c(O)c(C)c1C. The average Bonchev–Trinajstić information content (AvgIpc) is 3.09. The molecule has 0 aliphatic carbocycles. The first-order chi connectivity index (χ1) is 13.3. The highest BCUT2D eigenvalue weighted by Crippen LogP contribution is 2.30. The fraction of sp³-hybridized carbons (Fsp3) is 0.409. The van der Waals surface area contributed by atoms with Gasteiger partial charge in [-0.2, -0.15) is 0 Å². The fourth-order valence-electron chi connectivity index (χ4n) is 3.30. The maximum atomic E-state index is 12.5. The lowest BCUT2D eigenvalue weighted by atomic mass is 10.0. The molecule has 0 aliphatic heterocycles. The number of hydrogen-bond donors (Lipinski definition) is 1. The number of hydrogen-bond acceptors (Lipinski definition) is 4. The van der Waals surface area contributed by atoms with Crippen LogP contribution in [0.15, 0.2) is 24.3 Å². The monoisotopic (exact) mass is 394 g/mol. The smallest absolute Gasteiger partial charge is 0.162 e. The molecule has 0 aliphatic rings. The van der Waals surface area contributed by atoms with E-state index in [2.05, 4.69) is 23.3 Å². The number of rotatable bonds is 7. The Hall–Kier alpha value is -2.47. The van der Waals surface area contributed by atoms with E-state index in [1.165, 1.54) is 10.8 Å². The molecule has 0 fully saturated rings. The second-order valence-electron chi connectivity index (χ2n) is 7.84. The standard InChI is InChI=1S/C22H28N3O2Si/c1-14-12-20(22(27)16(3)15(14)2)25-23-18-10-9-17(13-19(18)24-25)21(26)8-6-7-11-28(4)5/h9-10,12-13,27H,6-8,11H2,1-5H3. The van der Waals surface area contributed by atoms with Gasteiger partial charge in [0.15, 0.2) is 5.78 Å². The highest BCUT2D eigenvalue weighted by molar-refractivity contribution is 6.55. The number of aromatic hydroxyl groups is 1. The zero-order chi connectivity index (χ0) is 20.4. The van der Waals surface area contributed by atoms with Crippen LogP contribution in [0, 0.1) is 20.8 Å². The third-order valence-electron chi connectivity index (χ3n) is 5.35. The maximum absolute atomic E-state index is 12.5. The van der Waals surface area contributed by atoms with Gasteiger partial charge in [-0.25, -0.2) is 0 Å². The Bertz CT molecular complexity index is 1020. The molecule has 147 valence electrons. The number of unbranched alkanes of at least 4 members (excludes halogenated alkanes) is 1. The molecule has 1 N–H and O–H groups in total. The maximum Gasteiger partial charge on any atom is 0.162 e. The first kappa shape index (κ1) is 20.3. The zero-order valence-corrected chi connectivity index (χ0v) is 18.3. The van der Waals surface area contributed by atoms with Gasteiger partial charge in [-0.05, 0) is 68.1 Å². The Labute approximate surface area is 168 Å². The molecule has 0 atom stereocenters. The van der Waals surface area contributed by atoms with Gasteiger partial charge < -0.3 is 5.11 Å². The van der Waals surface area contributed by atoms with Crippen molar-refractivity contribution in [2.75, 3.05) is 0 Å². The number of phenols is 1. The number of carbonyl (C=O) groups excluding carboxylic acids is 1. The molecule has 5 nitrogen and oxygen atoms in total. The molecule has 3 rings (SSSR count). The second-order valence-corrected chi connectivity index (χ2v) is 10.8. The van der Waals surface area contributed by atoms with Crippen molar-refractivity contribution in [1.82, 2.24) is 15.0 Å². The van der Waals surface area contributed by atoms with E-state index in [-0.39, 0.29) is 20.3 Å². The molecule has 0 amide bonds. The predicted molar refractivity (Wildman–Crippen MR) is 115 cm³/mol. The highest BCUT2D eigenvalue weighted by Gasteiger charge is 2.15. The van der Waals surface area contributed by atoms with Crippen LogP contribution in [0.1, 0.15) is 46.3 Å². The average molecular weight is 395 g/mol. The summed E-state index contributed by atoms with van der Waals surface area (Å²) in [7, 11) is -0.213. The Morgan fingerprint density at radius 3 is 2.46 bits per heavy atom. The summed E-state index contributed by atoms with van der Waals surface area (Å²) in [6.07, 6.45) is 2.64. The van der Waals surface area contributed by atoms with E-state index >= 15 is 0 Å². The lowest BCUT2D eigenvalue weighted by molar-refractivity contribution is 0.0980. The molecule has 28 heavy (non-hydrogen) atoms. The highest BCUT2D eigenvalue weighted by atomic mass is 28.3. The molecule has 2 aromatic carbocycles. The lowest BCUT2D eigenvalue weighted by Crippen LogP contribution is -2.02. The van der Waals surface area contributed by atoms with Gasteiger partial charge in [0.05, 0.1) is 0 Å². The molecule has 0 saturated carbocycles. The second kappa shape index (κ2) is 8.27. The number of aryl methyl sites for hydroxylation is 1. The first-order valence-corrected chi connectivity index (χ1v) is 12.5. The van der Waals surface area contributed by atoms with Crippen LogP contribution in [-0.4, -0.2) is 34.7 Å². The molecule has 0 saturated heterocycles. The van der Waals surface area contributed by atoms with E-state index in [4.69, 9.17) is 0 Å². The summed E-state index contributed by atoms with van der Waals surface area (Å²) in [5.41, 5.74) is 5.57. The molecule has 1 radical (unpaired) electrons. The normalized spacial score (nSPS) is 11.5. The first-order valence-electron chi connectivity index (χ1n) is 9.77. The number of fused-ring (bicyclic) bond motifs is 1. The van der Waals surface area contributed by atoms with Crippen molar-refractivity contribution in [3.05, 3.63) is 46.5 Å². The van der Waals surface area contributed by atoms with E-state index in [9.17, 15) is 9.90 Å². The number of phenolic OH excluding ortho intramolecular Hbond substituents is 1. The number of benzene rings is 2. The van der Waals surface area contributed by atoms with Crippen LogP contribution >= 0.6 is 0 Å². The van der Waals surface area contributed by atoms with E-state index in [0.717, 1.165) is 29.5 Å². The number of Topliss-reactive ketones (excluding diaryl/α,β-unsaturated/α-hetero) is 1. The van der Waals surface area contributed by atoms with E-state index < -0.39 is 0 Å². The minimum Gasteiger partial charge on any atom is -0.505 e. The fourth-order valence-corrected chi connectivity index (χ4v) is 4.26. The van der Waals surface area contributed by atoms with Crippen molar-refractivity contribution < 1.29 is 9.90 Å². The van der Waals surface area contributed by atoms with Gasteiger partial charge in [-0.15, -0.1) is 15.0 Å². The van der Waals surface area contributed by atoms with Gasteiger partial charge >= 0.3 is 0 Å². The summed E-state index contributed by atoms with van der Waals surface area (Å²) in [6, 6.07) is 8.60. The van der Waals surface area contributed by atoms with Crippen LogP contribution in [-0.2, 0) is 0 Å². The van der Waals surface area contributed by atoms with Crippen molar-refractivity contribution >= 4 is 25.6 Å². The van der Waals surface area contributed by atoms with Gasteiger partial charge in [0.2, 0.25) is 0 Å². The zero-order valence-electron chi connectivity index (χ0n) is 17.3. The predicted octanol–water partition coefficient (Wildman–Crippen LogP) is 5.16. The summed E-state index contributed by atoms with van der Waals surface area (Å²) in [6.45, 7) is 10.5. The minimum absolute atomic E-state index is 0.155. The lowest BCUT2D eigenvalue weighted by Gasteiger charge is -2.11. The van der Waals surface area contributed by atoms with Crippen LogP contribution in [0.3, 0.4) is 0 Å². The van der Waals surface area contributed by atoms with Crippen molar-refractivity contribution in [3.63, 3.8) is 0 Å². The van der Waals surface area contributed by atoms with Crippen LogP contribution in [0.4, 0.5) is 0 Å². The van der Waals surface area contributed by atoms with Crippen molar-refractivity contribution in [3.8, 4) is 11.4 Å². The molecule has 0 bridgehead atoms. The number of carbonyl (C=O) groups is 1. The van der Waals surface area contributed by atoms with Crippen LogP contribution < -0.4 is 0 Å². The summed E-state index contributed by atoms with van der Waals surface area (Å²) in [5, 5.41) is 19.5. The summed E-state index contributed by atoms with van der Waals surface area (Å²) in [4.78, 5) is 14.0. The minimum atomic E-state index is -0.213. The molecular formula is C22H28N3O2Si. The molecule has 6 heteroatoms. The molecular weight excluding hydrogens is 366 g/mol. The van der Waals surface area contributed by atoms with Gasteiger partial charge in [0.1, 0.15) is 22.5 Å². The molecule has 3 aromatic rings. The Kier molecular flexibility index (Phi) is 5.98. The van der Waals surface area contributed by atoms with E-state index in [1.54, 1.807) is 6.07 Å². The van der Waals surface area contributed by atoms with Crippen LogP contribution in [0.5, 0.6) is 5.75 Å². The Morgan fingerprint density at radius 1 is 1.04 bits per heavy atom. The van der Waals surface area contributed by atoms with Gasteiger partial charge in [-0.1, -0.05) is 25.6 Å². The van der Waals surface area contributed by atoms with Crippen molar-refractivity contribution in [1.29, 1.82) is 0 Å². The van der Waals surface area contributed by atoms with Crippen LogP contribution in [0.2, 0.25) is 19.1 Å². The molecule has 0 spiro atoms. The summed E-state index contributed by atoms with van der Waals surface area (Å²) < 4.78 is 0. The third-order valence-corrected chi connectivity index (χ3v) is 6.71. The topological polar surface area (TPSA) is 68.0 Å². The van der Waals surface area contributed by atoms with E-state index in [0.29, 0.717) is 28.7 Å². The van der Waals surface area contributed by atoms with E-state index in [1.807, 2.05) is 39.0 Å². The van der Waals surface area contributed by atoms with Crippen molar-refractivity contribution in [2.24, 2.45) is 0 Å². The Balaban J connectivity index is 1.85. The molecule has 0 unspecified atom stereocenters. The number of ketones is 1. The van der Waals surface area contributed by atoms with Gasteiger partial charge in [0, 0.05) is 20.8 Å².